The van der Waals surface area contributed by atoms with Crippen LogP contribution < -0.4 is 10.6 Å². The van der Waals surface area contributed by atoms with Crippen LogP contribution in [0.25, 0.3) is 0 Å². The van der Waals surface area contributed by atoms with Crippen molar-refractivity contribution in [2.24, 2.45) is 5.73 Å². The van der Waals surface area contributed by atoms with Crippen LogP contribution in [-0.2, 0) is 6.18 Å². The Morgan fingerprint density at radius 1 is 1.29 bits per heavy atom. The third kappa shape index (κ3) is 2.52. The molecule has 1 fully saturated rings. The molecule has 1 aliphatic heterocycles. The summed E-state index contributed by atoms with van der Waals surface area (Å²) in [4.78, 5) is 1.74. The SMILES string of the molecule is N[C@@H]1CCN(c2ccc(F)c(C(F)(F)F)c2)C1. The van der Waals surface area contributed by atoms with Gasteiger partial charge in [0.15, 0.2) is 0 Å². The van der Waals surface area contributed by atoms with E-state index in [1.54, 1.807) is 4.90 Å². The maximum Gasteiger partial charge on any atom is 0.419 e. The standard InChI is InChI=1S/C11H12F4N2/c12-10-2-1-8(5-9(10)11(13,14)15)17-4-3-7(16)6-17/h1-2,5,7H,3-4,6,16H2/t7-/m1/s1. The Bertz CT molecular complexity index is 416. The first-order valence-corrected chi connectivity index (χ1v) is 5.25. The fraction of sp³-hybridized carbons (Fsp3) is 0.455. The van der Waals surface area contributed by atoms with Gasteiger partial charge in [-0.25, -0.2) is 4.39 Å². The predicted molar refractivity (Wildman–Crippen MR) is 56.2 cm³/mol. The Kier molecular flexibility index (Phi) is 2.99. The lowest BCUT2D eigenvalue weighted by molar-refractivity contribution is -0.139. The van der Waals surface area contributed by atoms with Crippen LogP contribution in [0.1, 0.15) is 12.0 Å². The van der Waals surface area contributed by atoms with Gasteiger partial charge in [0.25, 0.3) is 0 Å². The monoisotopic (exact) mass is 248 g/mol. The van der Waals surface area contributed by atoms with Crippen LogP contribution >= 0.6 is 0 Å². The normalized spacial score (nSPS) is 21.0. The van der Waals surface area contributed by atoms with Crippen LogP contribution in [0, 0.1) is 5.82 Å². The van der Waals surface area contributed by atoms with Crippen molar-refractivity contribution < 1.29 is 17.6 Å². The van der Waals surface area contributed by atoms with Crippen molar-refractivity contribution in [2.75, 3.05) is 18.0 Å². The molecule has 1 aromatic rings. The molecule has 2 nitrogen and oxygen atoms in total. The number of nitrogens with zero attached hydrogens (tertiary/aromatic N) is 1. The third-order valence-electron chi connectivity index (χ3n) is 2.85. The van der Waals surface area contributed by atoms with Crippen molar-refractivity contribution in [2.45, 2.75) is 18.6 Å². The van der Waals surface area contributed by atoms with Crippen molar-refractivity contribution in [1.29, 1.82) is 0 Å². The molecule has 0 aromatic heterocycles. The molecule has 1 heterocycles. The number of alkyl halides is 3. The van der Waals surface area contributed by atoms with Gasteiger partial charge in [-0.2, -0.15) is 13.2 Å². The summed E-state index contributed by atoms with van der Waals surface area (Å²) in [5.74, 6) is -1.25. The molecule has 0 saturated carbocycles. The zero-order chi connectivity index (χ0) is 12.6. The molecule has 0 aliphatic carbocycles. The summed E-state index contributed by atoms with van der Waals surface area (Å²) in [6.07, 6.45) is -3.93. The molecule has 0 spiro atoms. The van der Waals surface area contributed by atoms with E-state index in [1.165, 1.54) is 6.07 Å². The molecule has 2 rings (SSSR count). The summed E-state index contributed by atoms with van der Waals surface area (Å²) in [5, 5.41) is 0. The first kappa shape index (κ1) is 12.2. The lowest BCUT2D eigenvalue weighted by Gasteiger charge is -2.19. The van der Waals surface area contributed by atoms with Gasteiger partial charge in [0.1, 0.15) is 5.82 Å². The number of hydrogen-bond acceptors (Lipinski definition) is 2. The number of hydrogen-bond donors (Lipinski definition) is 1. The molecule has 1 atom stereocenters. The minimum atomic E-state index is -4.66. The number of benzene rings is 1. The summed E-state index contributed by atoms with van der Waals surface area (Å²) < 4.78 is 50.6. The lowest BCUT2D eigenvalue weighted by Crippen LogP contribution is -2.26. The summed E-state index contributed by atoms with van der Waals surface area (Å²) in [5.41, 5.74) is 4.82. The van der Waals surface area contributed by atoms with Gasteiger partial charge in [-0.15, -0.1) is 0 Å². The second-order valence-corrected chi connectivity index (χ2v) is 4.16. The van der Waals surface area contributed by atoms with Crippen LogP contribution in [0.2, 0.25) is 0 Å². The summed E-state index contributed by atoms with van der Waals surface area (Å²) >= 11 is 0. The van der Waals surface area contributed by atoms with Gasteiger partial charge in [0.2, 0.25) is 0 Å². The summed E-state index contributed by atoms with van der Waals surface area (Å²) in [7, 11) is 0. The number of nitrogens with two attached hydrogens (primary N) is 1. The molecule has 17 heavy (non-hydrogen) atoms. The Balaban J connectivity index is 2.31. The number of rotatable bonds is 1. The van der Waals surface area contributed by atoms with Crippen LogP contribution in [0.4, 0.5) is 23.2 Å². The van der Waals surface area contributed by atoms with Crippen LogP contribution in [0.5, 0.6) is 0 Å². The van der Waals surface area contributed by atoms with Crippen LogP contribution in [0.3, 0.4) is 0 Å². The minimum absolute atomic E-state index is 0.0330. The molecule has 94 valence electrons. The number of anilines is 1. The van der Waals surface area contributed by atoms with E-state index in [0.29, 0.717) is 18.8 Å². The van der Waals surface area contributed by atoms with Crippen molar-refractivity contribution in [3.05, 3.63) is 29.6 Å². The van der Waals surface area contributed by atoms with Gasteiger partial charge in [-0.3, -0.25) is 0 Å². The zero-order valence-electron chi connectivity index (χ0n) is 8.97. The molecule has 1 saturated heterocycles. The minimum Gasteiger partial charge on any atom is -0.370 e. The van der Waals surface area contributed by atoms with Crippen molar-refractivity contribution in [3.8, 4) is 0 Å². The lowest BCUT2D eigenvalue weighted by atomic mass is 10.1. The molecule has 0 unspecified atom stereocenters. The fourth-order valence-corrected chi connectivity index (χ4v) is 1.95. The Hall–Kier alpha value is -1.30. The Morgan fingerprint density at radius 2 is 2.00 bits per heavy atom. The molecule has 2 N–H and O–H groups in total. The highest BCUT2D eigenvalue weighted by molar-refractivity contribution is 5.50. The number of halogens is 4. The molecule has 0 amide bonds. The highest BCUT2D eigenvalue weighted by Crippen LogP contribution is 2.34. The molecular weight excluding hydrogens is 236 g/mol. The first-order chi connectivity index (χ1) is 7.88. The zero-order valence-corrected chi connectivity index (χ0v) is 8.97. The van der Waals surface area contributed by atoms with E-state index < -0.39 is 17.6 Å². The van der Waals surface area contributed by atoms with E-state index in [0.717, 1.165) is 18.6 Å². The van der Waals surface area contributed by atoms with Gasteiger partial charge in [-0.1, -0.05) is 0 Å². The van der Waals surface area contributed by atoms with Crippen molar-refractivity contribution in [3.63, 3.8) is 0 Å². The molecule has 6 heteroatoms. The van der Waals surface area contributed by atoms with E-state index in [-0.39, 0.29) is 6.04 Å². The molecule has 0 radical (unpaired) electrons. The first-order valence-electron chi connectivity index (χ1n) is 5.25. The van der Waals surface area contributed by atoms with E-state index in [2.05, 4.69) is 0 Å². The fourth-order valence-electron chi connectivity index (χ4n) is 1.95. The highest BCUT2D eigenvalue weighted by Gasteiger charge is 2.35. The van der Waals surface area contributed by atoms with E-state index >= 15 is 0 Å². The van der Waals surface area contributed by atoms with E-state index in [9.17, 15) is 17.6 Å². The summed E-state index contributed by atoms with van der Waals surface area (Å²) in [6.45, 7) is 1.10. The Labute approximate surface area is 96.0 Å². The second-order valence-electron chi connectivity index (χ2n) is 4.16. The quantitative estimate of drug-likeness (QED) is 0.773. The van der Waals surface area contributed by atoms with Crippen molar-refractivity contribution in [1.82, 2.24) is 0 Å². The topological polar surface area (TPSA) is 29.3 Å². The highest BCUT2D eigenvalue weighted by atomic mass is 19.4. The van der Waals surface area contributed by atoms with E-state index in [4.69, 9.17) is 5.73 Å². The molecular formula is C11H12F4N2. The van der Waals surface area contributed by atoms with Gasteiger partial charge >= 0.3 is 6.18 Å². The smallest absolute Gasteiger partial charge is 0.370 e. The predicted octanol–water partition coefficient (Wildman–Crippen LogP) is 2.38. The van der Waals surface area contributed by atoms with Crippen LogP contribution in [-0.4, -0.2) is 19.1 Å². The average molecular weight is 248 g/mol. The largest absolute Gasteiger partial charge is 0.419 e. The summed E-state index contributed by atoms with van der Waals surface area (Å²) in [6, 6.07) is 3.01. The van der Waals surface area contributed by atoms with Gasteiger partial charge in [0.05, 0.1) is 5.56 Å². The average Bonchev–Trinajstić information content (AvgIpc) is 2.64. The van der Waals surface area contributed by atoms with E-state index in [1.807, 2.05) is 0 Å². The molecule has 1 aliphatic rings. The third-order valence-corrected chi connectivity index (χ3v) is 2.85. The van der Waals surface area contributed by atoms with Crippen molar-refractivity contribution >= 4 is 5.69 Å². The van der Waals surface area contributed by atoms with Gasteiger partial charge in [-0.05, 0) is 24.6 Å². The Morgan fingerprint density at radius 3 is 2.53 bits per heavy atom. The molecule has 1 aromatic carbocycles. The maximum absolute atomic E-state index is 13.1. The van der Waals surface area contributed by atoms with Crippen LogP contribution in [0.15, 0.2) is 18.2 Å². The van der Waals surface area contributed by atoms with Gasteiger partial charge in [0, 0.05) is 24.8 Å². The second kappa shape index (κ2) is 4.18. The molecule has 0 bridgehead atoms. The maximum atomic E-state index is 13.1. The van der Waals surface area contributed by atoms with Gasteiger partial charge < -0.3 is 10.6 Å².